The molecule has 0 spiro atoms. The van der Waals surface area contributed by atoms with Gasteiger partial charge in [0.05, 0.1) is 6.42 Å². The second-order valence-electron chi connectivity index (χ2n) is 4.63. The first-order valence-corrected chi connectivity index (χ1v) is 8.46. The fourth-order valence-electron chi connectivity index (χ4n) is 2.13. The zero-order chi connectivity index (χ0) is 14.8. The first kappa shape index (κ1) is 15.4. The third-order valence-corrected chi connectivity index (χ3v) is 4.77. The largest absolute Gasteiger partial charge is 0.340 e. The summed E-state index contributed by atoms with van der Waals surface area (Å²) >= 11 is 3.37. The molecular weight excluding hydrogens is 346 g/mol. The Labute approximate surface area is 126 Å². The lowest BCUT2D eigenvalue weighted by Crippen LogP contribution is -2.52. The molecular formula is C12H16BrN3O3S. The SMILES string of the molecule is NS(=O)(=O)N1CCN(C(=O)Cc2cccc(Br)c2)CC1. The van der Waals surface area contributed by atoms with Gasteiger partial charge in [0.25, 0.3) is 10.2 Å². The van der Waals surface area contributed by atoms with E-state index < -0.39 is 10.2 Å². The van der Waals surface area contributed by atoms with Crippen molar-refractivity contribution in [3.63, 3.8) is 0 Å². The quantitative estimate of drug-likeness (QED) is 0.842. The third kappa shape index (κ3) is 4.02. The molecule has 0 saturated carbocycles. The van der Waals surface area contributed by atoms with E-state index in [0.29, 0.717) is 19.5 Å². The normalized spacial score (nSPS) is 17.2. The van der Waals surface area contributed by atoms with Gasteiger partial charge in [0.2, 0.25) is 5.91 Å². The van der Waals surface area contributed by atoms with Gasteiger partial charge in [-0.15, -0.1) is 0 Å². The minimum Gasteiger partial charge on any atom is -0.340 e. The van der Waals surface area contributed by atoms with Gasteiger partial charge in [0.15, 0.2) is 0 Å². The maximum absolute atomic E-state index is 12.1. The lowest BCUT2D eigenvalue weighted by atomic mass is 10.1. The van der Waals surface area contributed by atoms with Gasteiger partial charge in [-0.3, -0.25) is 4.79 Å². The van der Waals surface area contributed by atoms with Crippen molar-refractivity contribution >= 4 is 32.0 Å². The minimum atomic E-state index is -3.65. The van der Waals surface area contributed by atoms with Crippen molar-refractivity contribution in [1.82, 2.24) is 9.21 Å². The number of carbonyl (C=O) groups excluding carboxylic acids is 1. The van der Waals surface area contributed by atoms with Crippen LogP contribution in [0.2, 0.25) is 0 Å². The molecule has 1 heterocycles. The van der Waals surface area contributed by atoms with Crippen molar-refractivity contribution in [1.29, 1.82) is 0 Å². The second-order valence-corrected chi connectivity index (χ2v) is 7.09. The minimum absolute atomic E-state index is 0.00262. The fraction of sp³-hybridized carbons (Fsp3) is 0.417. The summed E-state index contributed by atoms with van der Waals surface area (Å²) < 4.78 is 24.5. The number of nitrogens with two attached hydrogens (primary N) is 1. The predicted molar refractivity (Wildman–Crippen MR) is 79.1 cm³/mol. The highest BCUT2D eigenvalue weighted by molar-refractivity contribution is 9.10. The van der Waals surface area contributed by atoms with Crippen molar-refractivity contribution in [2.75, 3.05) is 26.2 Å². The van der Waals surface area contributed by atoms with Crippen molar-refractivity contribution in [2.24, 2.45) is 5.14 Å². The molecule has 0 unspecified atom stereocenters. The summed E-state index contributed by atoms with van der Waals surface area (Å²) in [5.74, 6) is -0.00262. The van der Waals surface area contributed by atoms with Crippen molar-refractivity contribution in [3.8, 4) is 0 Å². The molecule has 1 saturated heterocycles. The van der Waals surface area contributed by atoms with E-state index in [1.54, 1.807) is 4.90 Å². The van der Waals surface area contributed by atoms with E-state index in [4.69, 9.17) is 5.14 Å². The van der Waals surface area contributed by atoms with Crippen molar-refractivity contribution in [3.05, 3.63) is 34.3 Å². The number of carbonyl (C=O) groups is 1. The number of hydrogen-bond acceptors (Lipinski definition) is 3. The molecule has 0 radical (unpaired) electrons. The van der Waals surface area contributed by atoms with Crippen LogP contribution in [0.5, 0.6) is 0 Å². The first-order valence-electron chi connectivity index (χ1n) is 6.16. The molecule has 0 atom stereocenters. The lowest BCUT2D eigenvalue weighted by Gasteiger charge is -2.33. The van der Waals surface area contributed by atoms with Gasteiger partial charge >= 0.3 is 0 Å². The van der Waals surface area contributed by atoms with Crippen LogP contribution in [0.15, 0.2) is 28.7 Å². The van der Waals surface area contributed by atoms with Gasteiger partial charge in [-0.25, -0.2) is 5.14 Å². The Morgan fingerprint density at radius 1 is 1.25 bits per heavy atom. The van der Waals surface area contributed by atoms with Crippen LogP contribution in [0, 0.1) is 0 Å². The zero-order valence-electron chi connectivity index (χ0n) is 10.8. The third-order valence-electron chi connectivity index (χ3n) is 3.20. The van der Waals surface area contributed by atoms with Crippen LogP contribution < -0.4 is 5.14 Å². The van der Waals surface area contributed by atoms with Gasteiger partial charge in [0, 0.05) is 30.7 Å². The Balaban J connectivity index is 1.92. The molecule has 0 aromatic heterocycles. The van der Waals surface area contributed by atoms with Gasteiger partial charge in [0.1, 0.15) is 0 Å². The molecule has 6 nitrogen and oxygen atoms in total. The maximum Gasteiger partial charge on any atom is 0.277 e. The van der Waals surface area contributed by atoms with E-state index in [-0.39, 0.29) is 19.0 Å². The summed E-state index contributed by atoms with van der Waals surface area (Å²) in [6.07, 6.45) is 0.314. The summed E-state index contributed by atoms with van der Waals surface area (Å²) in [5.41, 5.74) is 0.929. The molecule has 8 heteroatoms. The van der Waals surface area contributed by atoms with Crippen molar-refractivity contribution < 1.29 is 13.2 Å². The first-order chi connectivity index (χ1) is 9.36. The highest BCUT2D eigenvalue weighted by Gasteiger charge is 2.26. The van der Waals surface area contributed by atoms with Crippen LogP contribution >= 0.6 is 15.9 Å². The summed E-state index contributed by atoms with van der Waals surface area (Å²) in [6.45, 7) is 1.26. The second kappa shape index (κ2) is 6.21. The van der Waals surface area contributed by atoms with Crippen LogP contribution in [0.25, 0.3) is 0 Å². The predicted octanol–water partition coefficient (Wildman–Crippen LogP) is 0.339. The van der Waals surface area contributed by atoms with E-state index in [2.05, 4.69) is 15.9 Å². The highest BCUT2D eigenvalue weighted by atomic mass is 79.9. The number of hydrogen-bond donors (Lipinski definition) is 1. The Bertz CT molecular complexity index is 598. The Hall–Kier alpha value is -0.960. The van der Waals surface area contributed by atoms with E-state index in [1.165, 1.54) is 4.31 Å². The maximum atomic E-state index is 12.1. The van der Waals surface area contributed by atoms with Gasteiger partial charge < -0.3 is 4.90 Å². The van der Waals surface area contributed by atoms with Crippen LogP contribution in [0.3, 0.4) is 0 Å². The molecule has 1 fully saturated rings. The average molecular weight is 362 g/mol. The summed E-state index contributed by atoms with van der Waals surface area (Å²) in [6, 6.07) is 7.58. The van der Waals surface area contributed by atoms with Gasteiger partial charge in [-0.05, 0) is 17.7 Å². The van der Waals surface area contributed by atoms with Crippen LogP contribution in [0.4, 0.5) is 0 Å². The Kier molecular flexibility index (Phi) is 4.79. The van der Waals surface area contributed by atoms with Crippen LogP contribution in [-0.2, 0) is 21.4 Å². The lowest BCUT2D eigenvalue weighted by molar-refractivity contribution is -0.131. The summed E-state index contributed by atoms with van der Waals surface area (Å²) in [4.78, 5) is 13.8. The molecule has 1 amide bonds. The topological polar surface area (TPSA) is 83.7 Å². The molecule has 2 N–H and O–H groups in total. The monoisotopic (exact) mass is 361 g/mol. The van der Waals surface area contributed by atoms with Gasteiger partial charge in [-0.1, -0.05) is 28.1 Å². The molecule has 110 valence electrons. The number of nitrogens with zero attached hydrogens (tertiary/aromatic N) is 2. The number of benzene rings is 1. The van der Waals surface area contributed by atoms with E-state index in [1.807, 2.05) is 24.3 Å². The Morgan fingerprint density at radius 2 is 1.90 bits per heavy atom. The molecule has 0 bridgehead atoms. The molecule has 1 aromatic rings. The summed E-state index contributed by atoms with van der Waals surface area (Å²) in [5, 5.41) is 5.06. The van der Waals surface area contributed by atoms with E-state index in [9.17, 15) is 13.2 Å². The van der Waals surface area contributed by atoms with Crippen molar-refractivity contribution in [2.45, 2.75) is 6.42 Å². The number of rotatable bonds is 3. The van der Waals surface area contributed by atoms with Crippen LogP contribution in [-0.4, -0.2) is 49.7 Å². The Morgan fingerprint density at radius 3 is 2.45 bits per heavy atom. The fourth-order valence-corrected chi connectivity index (χ4v) is 3.24. The van der Waals surface area contributed by atoms with Crippen LogP contribution in [0.1, 0.15) is 5.56 Å². The standard InChI is InChI=1S/C12H16BrN3O3S/c13-11-3-1-2-10(8-11)9-12(17)15-4-6-16(7-5-15)20(14,18)19/h1-3,8H,4-7,9H2,(H2,14,18,19). The number of amides is 1. The van der Waals surface area contributed by atoms with E-state index >= 15 is 0 Å². The molecule has 1 aliphatic heterocycles. The molecule has 1 aromatic carbocycles. The number of piperazine rings is 1. The van der Waals surface area contributed by atoms with E-state index in [0.717, 1.165) is 10.0 Å². The summed E-state index contributed by atoms with van der Waals surface area (Å²) in [7, 11) is -3.65. The number of halogens is 1. The average Bonchev–Trinajstić information content (AvgIpc) is 2.38. The zero-order valence-corrected chi connectivity index (χ0v) is 13.2. The molecule has 0 aliphatic carbocycles. The molecule has 20 heavy (non-hydrogen) atoms. The van der Waals surface area contributed by atoms with Gasteiger partial charge in [-0.2, -0.15) is 12.7 Å². The highest BCUT2D eigenvalue weighted by Crippen LogP contribution is 2.13. The molecule has 1 aliphatic rings. The smallest absolute Gasteiger partial charge is 0.277 e. The molecule has 2 rings (SSSR count).